The average Bonchev–Trinajstić information content (AvgIpc) is 3.59. The van der Waals surface area contributed by atoms with Crippen molar-refractivity contribution >= 4 is 41.6 Å². The van der Waals surface area contributed by atoms with Gasteiger partial charge in [-0.1, -0.05) is 99.6 Å². The van der Waals surface area contributed by atoms with Gasteiger partial charge in [-0.05, 0) is 34.5 Å². The van der Waals surface area contributed by atoms with E-state index in [1.807, 2.05) is 18.2 Å². The molecule has 0 unspecified atom stereocenters. The van der Waals surface area contributed by atoms with Crippen LogP contribution in [0.5, 0.6) is 0 Å². The largest absolute Gasteiger partial charge is 0.405 e. The van der Waals surface area contributed by atoms with Crippen LogP contribution in [-0.2, 0) is 9.16 Å². The van der Waals surface area contributed by atoms with Crippen LogP contribution in [0.25, 0.3) is 11.2 Å². The van der Waals surface area contributed by atoms with E-state index in [1.54, 1.807) is 42.1 Å². The van der Waals surface area contributed by atoms with E-state index in [9.17, 15) is 9.90 Å². The molecule has 0 bridgehead atoms. The summed E-state index contributed by atoms with van der Waals surface area (Å²) >= 11 is 0. The zero-order valence-electron chi connectivity index (χ0n) is 25.3. The number of benzene rings is 3. The number of aliphatic hydroxyl groups is 1. The summed E-state index contributed by atoms with van der Waals surface area (Å²) in [6.45, 7) is 8.66. The summed E-state index contributed by atoms with van der Waals surface area (Å²) in [5.74, 6) is 0.0136. The summed E-state index contributed by atoms with van der Waals surface area (Å²) in [5, 5.41) is 16.6. The lowest BCUT2D eigenvalue weighted by molar-refractivity contribution is -0.0707. The minimum atomic E-state index is -2.83. The van der Waals surface area contributed by atoms with Crippen molar-refractivity contribution in [3.05, 3.63) is 109 Å². The second-order valence-corrected chi connectivity index (χ2v) is 16.8. The molecule has 226 valence electrons. The minimum Gasteiger partial charge on any atom is -0.405 e. The number of anilines is 1. The normalized spacial score (nSPS) is 20.6. The van der Waals surface area contributed by atoms with Crippen molar-refractivity contribution in [2.45, 2.75) is 57.1 Å². The summed E-state index contributed by atoms with van der Waals surface area (Å²) < 4.78 is 15.4. The number of hydrogen-bond acceptors (Lipinski definition) is 7. The van der Waals surface area contributed by atoms with Gasteiger partial charge in [0.15, 0.2) is 17.0 Å². The van der Waals surface area contributed by atoms with Crippen molar-refractivity contribution in [1.82, 2.24) is 19.5 Å². The van der Waals surface area contributed by atoms with Gasteiger partial charge in [-0.3, -0.25) is 9.36 Å². The SMILES string of the molecule is CC(C)(C)[Si](OC[C@H]1O[C@@H](n2cnc3c(NC(=O)c4ccccc4)ncnc32)C[C@@]1(C)O)(c1ccccc1)c1ccccc1. The van der Waals surface area contributed by atoms with Crippen LogP contribution in [-0.4, -0.2) is 57.2 Å². The highest BCUT2D eigenvalue weighted by molar-refractivity contribution is 6.99. The minimum absolute atomic E-state index is 0.205. The van der Waals surface area contributed by atoms with E-state index in [4.69, 9.17) is 9.16 Å². The molecule has 0 aliphatic carbocycles. The van der Waals surface area contributed by atoms with Gasteiger partial charge in [-0.15, -0.1) is 0 Å². The molecule has 0 radical (unpaired) electrons. The van der Waals surface area contributed by atoms with Gasteiger partial charge in [0.1, 0.15) is 18.7 Å². The standard InChI is InChI=1S/C34H37N5O4Si/c1-33(2,3)44(25-16-10-6-11-17-25,26-18-12-7-13-19-26)42-21-27-34(4,41)20-28(43-27)39-23-37-29-30(35-22-36-31(29)39)38-32(40)24-14-8-5-9-15-24/h5-19,22-23,27-28,41H,20-21H2,1-4H3,(H,35,36,38,40)/t27-,28-,34-/m1/s1. The Balaban J connectivity index is 1.27. The van der Waals surface area contributed by atoms with E-state index < -0.39 is 26.3 Å². The molecule has 44 heavy (non-hydrogen) atoms. The second-order valence-electron chi connectivity index (χ2n) is 12.5. The summed E-state index contributed by atoms with van der Waals surface area (Å²) in [7, 11) is -2.83. The molecule has 1 amide bonds. The lowest BCUT2D eigenvalue weighted by Gasteiger charge is -2.44. The van der Waals surface area contributed by atoms with Crippen molar-refractivity contribution in [2.75, 3.05) is 11.9 Å². The van der Waals surface area contributed by atoms with Crippen LogP contribution in [0.15, 0.2) is 104 Å². The molecule has 10 heteroatoms. The molecule has 1 aliphatic rings. The monoisotopic (exact) mass is 607 g/mol. The molecule has 0 saturated carbocycles. The third kappa shape index (κ3) is 5.46. The van der Waals surface area contributed by atoms with Crippen LogP contribution in [0.1, 0.15) is 50.7 Å². The first kappa shape index (κ1) is 29.8. The van der Waals surface area contributed by atoms with Crippen molar-refractivity contribution in [1.29, 1.82) is 0 Å². The van der Waals surface area contributed by atoms with Gasteiger partial charge in [0, 0.05) is 12.0 Å². The van der Waals surface area contributed by atoms with Gasteiger partial charge in [0.2, 0.25) is 0 Å². The number of rotatable bonds is 8. The van der Waals surface area contributed by atoms with Crippen LogP contribution >= 0.6 is 0 Å². The van der Waals surface area contributed by atoms with E-state index in [0.29, 0.717) is 29.0 Å². The number of amides is 1. The van der Waals surface area contributed by atoms with E-state index in [-0.39, 0.29) is 17.6 Å². The number of nitrogens with one attached hydrogen (secondary N) is 1. The smallest absolute Gasteiger partial charge is 0.261 e. The highest BCUT2D eigenvalue weighted by Gasteiger charge is 2.52. The number of aromatic nitrogens is 4. The molecule has 3 atom stereocenters. The van der Waals surface area contributed by atoms with Gasteiger partial charge in [-0.2, -0.15) is 0 Å². The summed E-state index contributed by atoms with van der Waals surface area (Å²) in [5.41, 5.74) is 0.270. The lowest BCUT2D eigenvalue weighted by Crippen LogP contribution is -2.67. The highest BCUT2D eigenvalue weighted by Crippen LogP contribution is 2.41. The molecule has 3 aromatic carbocycles. The number of carbonyl (C=O) groups excluding carboxylic acids is 1. The summed E-state index contributed by atoms with van der Waals surface area (Å²) in [6.07, 6.45) is 2.16. The predicted octanol–water partition coefficient (Wildman–Crippen LogP) is 4.69. The third-order valence-corrected chi connectivity index (χ3v) is 13.4. The topological polar surface area (TPSA) is 111 Å². The Hall–Kier alpha value is -4.22. The fourth-order valence-corrected chi connectivity index (χ4v) is 10.7. The van der Waals surface area contributed by atoms with Gasteiger partial charge < -0.3 is 19.6 Å². The van der Waals surface area contributed by atoms with Crippen molar-refractivity contribution < 1.29 is 19.1 Å². The molecule has 2 aromatic heterocycles. The van der Waals surface area contributed by atoms with Gasteiger partial charge in [0.05, 0.1) is 18.5 Å². The van der Waals surface area contributed by atoms with Crippen LogP contribution in [0, 0.1) is 0 Å². The van der Waals surface area contributed by atoms with E-state index in [2.05, 4.69) is 89.6 Å². The number of ether oxygens (including phenoxy) is 1. The van der Waals surface area contributed by atoms with Crippen LogP contribution < -0.4 is 15.7 Å². The quantitative estimate of drug-likeness (QED) is 0.246. The molecular formula is C34H37N5O4Si. The number of fused-ring (bicyclic) bond motifs is 1. The van der Waals surface area contributed by atoms with Crippen molar-refractivity contribution in [2.24, 2.45) is 0 Å². The molecular weight excluding hydrogens is 570 g/mol. The van der Waals surface area contributed by atoms with Crippen LogP contribution in [0.2, 0.25) is 5.04 Å². The van der Waals surface area contributed by atoms with Crippen molar-refractivity contribution in [3.8, 4) is 0 Å². The molecule has 3 heterocycles. The Morgan fingerprint density at radius 3 is 2.16 bits per heavy atom. The lowest BCUT2D eigenvalue weighted by atomic mass is 9.98. The Morgan fingerprint density at radius 1 is 0.977 bits per heavy atom. The first-order chi connectivity index (χ1) is 21.1. The van der Waals surface area contributed by atoms with Gasteiger partial charge in [-0.25, -0.2) is 15.0 Å². The Morgan fingerprint density at radius 2 is 1.57 bits per heavy atom. The van der Waals surface area contributed by atoms with E-state index >= 15 is 0 Å². The molecule has 5 aromatic rings. The molecule has 6 rings (SSSR count). The van der Waals surface area contributed by atoms with E-state index in [0.717, 1.165) is 10.4 Å². The van der Waals surface area contributed by atoms with E-state index in [1.165, 1.54) is 6.33 Å². The first-order valence-corrected chi connectivity index (χ1v) is 16.7. The molecule has 1 aliphatic heterocycles. The van der Waals surface area contributed by atoms with Crippen molar-refractivity contribution in [3.63, 3.8) is 0 Å². The fourth-order valence-electron chi connectivity index (χ4n) is 6.14. The molecule has 1 fully saturated rings. The maximum Gasteiger partial charge on any atom is 0.261 e. The Bertz CT molecular complexity index is 1700. The number of imidazole rings is 1. The van der Waals surface area contributed by atoms with Crippen LogP contribution in [0.4, 0.5) is 5.82 Å². The van der Waals surface area contributed by atoms with Crippen LogP contribution in [0.3, 0.4) is 0 Å². The number of carbonyl (C=O) groups is 1. The maximum atomic E-state index is 12.8. The highest BCUT2D eigenvalue weighted by atomic mass is 28.4. The molecule has 2 N–H and O–H groups in total. The molecule has 9 nitrogen and oxygen atoms in total. The summed E-state index contributed by atoms with van der Waals surface area (Å²) in [4.78, 5) is 26.0. The zero-order valence-corrected chi connectivity index (χ0v) is 26.3. The molecule has 0 spiro atoms. The number of hydrogen-bond donors (Lipinski definition) is 2. The molecule has 1 saturated heterocycles. The van der Waals surface area contributed by atoms with Gasteiger partial charge in [0.25, 0.3) is 14.2 Å². The third-order valence-electron chi connectivity index (χ3n) is 8.41. The fraction of sp³-hybridized carbons (Fsp3) is 0.294. The Labute approximate surface area is 258 Å². The Kier molecular flexibility index (Phi) is 7.93. The second kappa shape index (κ2) is 11.7. The van der Waals surface area contributed by atoms with Gasteiger partial charge >= 0.3 is 0 Å². The number of nitrogens with zero attached hydrogens (tertiary/aromatic N) is 4. The first-order valence-electron chi connectivity index (χ1n) is 14.8. The maximum absolute atomic E-state index is 12.8. The predicted molar refractivity (Wildman–Crippen MR) is 172 cm³/mol. The zero-order chi connectivity index (χ0) is 31.0. The summed E-state index contributed by atoms with van der Waals surface area (Å²) in [6, 6.07) is 29.7. The average molecular weight is 608 g/mol.